The molecule has 1 nitrogen and oxygen atoms in total. The molecule has 0 saturated heterocycles. The highest BCUT2D eigenvalue weighted by atomic mass is 127. The quantitative estimate of drug-likeness (QED) is 0.321. The number of Topliss-reactive ketones (excluding diaryl/α,β-unsaturated/α-hetero) is 1. The molecule has 0 saturated carbocycles. The van der Waals surface area contributed by atoms with Gasteiger partial charge in [-0.2, -0.15) is 0 Å². The van der Waals surface area contributed by atoms with E-state index in [2.05, 4.69) is 80.7 Å². The van der Waals surface area contributed by atoms with Gasteiger partial charge in [-0.25, -0.2) is 0 Å². The normalized spacial score (nSPS) is 15.6. The summed E-state index contributed by atoms with van der Waals surface area (Å²) in [6.45, 7) is 13.7. The summed E-state index contributed by atoms with van der Waals surface area (Å²) in [5.41, 5.74) is 1.58. The van der Waals surface area contributed by atoms with Gasteiger partial charge in [0.2, 0.25) is 0 Å². The first-order valence-corrected chi connectivity index (χ1v) is 12.1. The summed E-state index contributed by atoms with van der Waals surface area (Å²) in [7, 11) is -1.67. The van der Waals surface area contributed by atoms with Crippen LogP contribution in [0.2, 0.25) is 23.7 Å². The maximum atomic E-state index is 12.8. The zero-order valence-electron chi connectivity index (χ0n) is 14.2. The Morgan fingerprint density at radius 2 is 1.71 bits per heavy atom. The third kappa shape index (κ3) is 4.91. The minimum Gasteiger partial charge on any atom is -0.299 e. The molecule has 0 aromatic heterocycles. The fraction of sp³-hybridized carbons (Fsp3) is 0.611. The van der Waals surface area contributed by atoms with Crippen LogP contribution in [-0.4, -0.2) is 17.8 Å². The molecule has 0 fully saturated rings. The molecule has 1 aromatic carbocycles. The number of hydrogen-bond donors (Lipinski definition) is 0. The number of carbonyl (C=O) groups is 1. The van der Waals surface area contributed by atoms with E-state index in [1.54, 1.807) is 0 Å². The second-order valence-corrected chi connectivity index (χ2v) is 15.1. The third-order valence-corrected chi connectivity index (χ3v) is 11.9. The van der Waals surface area contributed by atoms with Gasteiger partial charge >= 0.3 is 0 Å². The van der Waals surface area contributed by atoms with Crippen LogP contribution in [-0.2, 0) is 11.2 Å². The van der Waals surface area contributed by atoms with Gasteiger partial charge in [0, 0.05) is 5.54 Å². The van der Waals surface area contributed by atoms with Crippen LogP contribution in [0.25, 0.3) is 0 Å². The van der Waals surface area contributed by atoms with Crippen LogP contribution in [0.1, 0.15) is 39.7 Å². The topological polar surface area (TPSA) is 17.1 Å². The van der Waals surface area contributed by atoms with Crippen LogP contribution < -0.4 is 0 Å². The number of alkyl halides is 1. The Morgan fingerprint density at radius 1 is 1.19 bits per heavy atom. The summed E-state index contributed by atoms with van der Waals surface area (Å²) in [6, 6.07) is 10.5. The van der Waals surface area contributed by atoms with E-state index in [0.717, 1.165) is 12.8 Å². The van der Waals surface area contributed by atoms with Gasteiger partial charge in [-0.1, -0.05) is 86.8 Å². The molecule has 0 aliphatic heterocycles. The number of halogens is 1. The fourth-order valence-electron chi connectivity index (χ4n) is 2.61. The van der Waals surface area contributed by atoms with Gasteiger partial charge in [0.05, 0.1) is 12.0 Å². The fourth-order valence-corrected chi connectivity index (χ4v) is 6.26. The summed E-state index contributed by atoms with van der Waals surface area (Å²) in [5.74, 6) is 0.457. The molecule has 0 radical (unpaired) electrons. The molecule has 0 heterocycles. The monoisotopic (exact) mass is 416 g/mol. The van der Waals surface area contributed by atoms with Gasteiger partial charge < -0.3 is 0 Å². The van der Waals surface area contributed by atoms with Crippen molar-refractivity contribution in [1.29, 1.82) is 0 Å². The lowest BCUT2D eigenvalue weighted by atomic mass is 10.1. The lowest BCUT2D eigenvalue weighted by Gasteiger charge is -2.43. The summed E-state index contributed by atoms with van der Waals surface area (Å²) in [4.78, 5) is 12.8. The van der Waals surface area contributed by atoms with E-state index in [0.29, 0.717) is 5.78 Å². The third-order valence-electron chi connectivity index (χ3n) is 5.10. The number of hydrogen-bond acceptors (Lipinski definition) is 1. The predicted octanol–water partition coefficient (Wildman–Crippen LogP) is 5.89. The zero-order valence-corrected chi connectivity index (χ0v) is 17.4. The number of rotatable bonds is 6. The maximum Gasteiger partial charge on any atom is 0.145 e. The lowest BCUT2D eigenvalue weighted by molar-refractivity contribution is -0.118. The van der Waals surface area contributed by atoms with Gasteiger partial charge in [0.1, 0.15) is 5.78 Å². The van der Waals surface area contributed by atoms with Crippen molar-refractivity contribution in [2.24, 2.45) is 0 Å². The van der Waals surface area contributed by atoms with Crippen LogP contribution in [0.3, 0.4) is 0 Å². The second-order valence-electron chi connectivity index (χ2n) is 7.57. The molecule has 0 aliphatic carbocycles. The lowest BCUT2D eigenvalue weighted by Crippen LogP contribution is -2.46. The van der Waals surface area contributed by atoms with Crippen LogP contribution in [0.15, 0.2) is 30.3 Å². The molecule has 0 unspecified atom stereocenters. The molecule has 0 aliphatic rings. The Morgan fingerprint density at radius 3 is 2.14 bits per heavy atom. The minimum absolute atomic E-state index is 0.109. The van der Waals surface area contributed by atoms with Crippen molar-refractivity contribution in [2.75, 3.05) is 0 Å². The van der Waals surface area contributed by atoms with E-state index in [-0.39, 0.29) is 14.5 Å². The van der Waals surface area contributed by atoms with Gasteiger partial charge in [0.15, 0.2) is 0 Å². The van der Waals surface area contributed by atoms with Crippen LogP contribution in [0.4, 0.5) is 0 Å². The molecular formula is C18H29IOSi. The van der Waals surface area contributed by atoms with E-state index in [4.69, 9.17) is 0 Å². The molecule has 0 bridgehead atoms. The van der Waals surface area contributed by atoms with Crippen molar-refractivity contribution < 1.29 is 4.79 Å². The van der Waals surface area contributed by atoms with Crippen molar-refractivity contribution >= 4 is 36.4 Å². The first-order chi connectivity index (χ1) is 9.57. The van der Waals surface area contributed by atoms with Crippen LogP contribution in [0.5, 0.6) is 0 Å². The smallest absolute Gasteiger partial charge is 0.145 e. The van der Waals surface area contributed by atoms with Crippen LogP contribution >= 0.6 is 22.6 Å². The molecular weight excluding hydrogens is 387 g/mol. The number of benzene rings is 1. The Labute approximate surface area is 145 Å². The molecule has 21 heavy (non-hydrogen) atoms. The van der Waals surface area contributed by atoms with Gasteiger partial charge in [0.25, 0.3) is 0 Å². The Bertz CT molecular complexity index is 460. The molecule has 118 valence electrons. The van der Waals surface area contributed by atoms with Crippen molar-refractivity contribution in [3.05, 3.63) is 35.9 Å². The number of aryl methyl sites for hydroxylation is 1. The van der Waals surface area contributed by atoms with Crippen molar-refractivity contribution in [3.63, 3.8) is 0 Å². The molecule has 0 amide bonds. The Balaban J connectivity index is 2.96. The highest BCUT2D eigenvalue weighted by molar-refractivity contribution is 14.1. The van der Waals surface area contributed by atoms with Gasteiger partial charge in [-0.15, -0.1) is 0 Å². The van der Waals surface area contributed by atoms with Gasteiger partial charge in [-0.3, -0.25) is 4.79 Å². The largest absolute Gasteiger partial charge is 0.299 e. The Kier molecular flexibility index (Phi) is 6.66. The first-order valence-electron chi connectivity index (χ1n) is 7.79. The second kappa shape index (κ2) is 7.40. The van der Waals surface area contributed by atoms with E-state index in [9.17, 15) is 4.79 Å². The molecule has 1 aromatic rings. The molecule has 0 spiro atoms. The zero-order chi connectivity index (χ0) is 16.3. The summed E-state index contributed by atoms with van der Waals surface area (Å²) in [6.07, 6.45) is 2.00. The Hall–Kier alpha value is -0.163. The molecule has 1 rings (SSSR count). The van der Waals surface area contributed by atoms with Gasteiger partial charge in [-0.05, 0) is 30.4 Å². The SMILES string of the molecule is C[C@@H](I)C(=O)[C@@H](CCc1ccccc1)[Si](C)(C)C(C)(C)C. The van der Waals surface area contributed by atoms with Crippen molar-refractivity contribution in [2.45, 2.75) is 68.1 Å². The molecule has 0 N–H and O–H groups in total. The summed E-state index contributed by atoms with van der Waals surface area (Å²) < 4.78 is 0.109. The number of ketones is 1. The van der Waals surface area contributed by atoms with E-state index >= 15 is 0 Å². The minimum atomic E-state index is -1.67. The maximum absolute atomic E-state index is 12.8. The average Bonchev–Trinajstić information content (AvgIpc) is 2.38. The predicted molar refractivity (Wildman–Crippen MR) is 104 cm³/mol. The van der Waals surface area contributed by atoms with E-state index < -0.39 is 8.07 Å². The van der Waals surface area contributed by atoms with E-state index in [1.807, 2.05) is 13.0 Å². The van der Waals surface area contributed by atoms with Crippen molar-refractivity contribution in [1.82, 2.24) is 0 Å². The number of carbonyl (C=O) groups excluding carboxylic acids is 1. The first kappa shape index (κ1) is 18.9. The summed E-state index contributed by atoms with van der Waals surface area (Å²) in [5, 5.41) is 0.246. The standard InChI is InChI=1S/C18H29IOSi/c1-14(19)17(20)16(21(5,6)18(2,3)4)13-12-15-10-8-7-9-11-15/h7-11,14,16H,12-13H2,1-6H3/t14-,16-/m1/s1. The highest BCUT2D eigenvalue weighted by Crippen LogP contribution is 2.46. The van der Waals surface area contributed by atoms with E-state index in [1.165, 1.54) is 5.56 Å². The highest BCUT2D eigenvalue weighted by Gasteiger charge is 2.45. The average molecular weight is 416 g/mol. The van der Waals surface area contributed by atoms with Crippen LogP contribution in [0, 0.1) is 0 Å². The molecule has 3 heteroatoms. The summed E-state index contributed by atoms with van der Waals surface area (Å²) >= 11 is 2.28. The van der Waals surface area contributed by atoms with Crippen molar-refractivity contribution in [3.8, 4) is 0 Å². The molecule has 2 atom stereocenters.